The smallest absolute Gasteiger partial charge is 0.386 e. The summed E-state index contributed by atoms with van der Waals surface area (Å²) in [5.74, 6) is 2.42. The van der Waals surface area contributed by atoms with E-state index in [0.717, 1.165) is 12.7 Å². The summed E-state index contributed by atoms with van der Waals surface area (Å²) in [6.07, 6.45) is -2.25. The van der Waals surface area contributed by atoms with Crippen molar-refractivity contribution >= 4 is 57.4 Å². The predicted octanol–water partition coefficient (Wildman–Crippen LogP) is 0.310. The minimum Gasteiger partial charge on any atom is -0.386 e. The Morgan fingerprint density at radius 3 is 2.00 bits per heavy atom. The SMILES string of the molecule is C#CCCCCOP(=O)(O)O[C@H]1C2OP(=O)(O)OC[C@H]3O[C@@H](n4cnc5c(N)ncnc54)C(O)[C@H]3OP(=O)(O)OC[C@H]2O[C@H]1n1cnc2c(N)ncnc21. The van der Waals surface area contributed by atoms with E-state index in [1.807, 2.05) is 0 Å². The molecule has 54 heavy (non-hydrogen) atoms. The topological polar surface area (TPSA) is 345 Å². The van der Waals surface area contributed by atoms with Crippen molar-refractivity contribution in [1.82, 2.24) is 39.0 Å². The van der Waals surface area contributed by atoms with Crippen LogP contribution in [0.15, 0.2) is 25.3 Å². The quantitative estimate of drug-likeness (QED) is 0.0751. The van der Waals surface area contributed by atoms with Gasteiger partial charge in [-0.05, 0) is 12.8 Å². The zero-order chi connectivity index (χ0) is 38.4. The molecule has 0 amide bonds. The standard InChI is InChI=1S/C26H33N10O15P3/c1-2-3-4-5-6-44-52(38,39)51-20-19-14(48-26(20)36-12-34-16-22(28)30-10-32-24(16)36)8-46-53(40,41)49-18-13(7-45-54(42,43)50-19)47-25(17(18)37)35-11-33-15-21(27)29-9-31-23(15)35/h1,9-14,17-20,25-26,37H,3-8H2,(H,38,39)(H,40,41)(H,42,43)(H2,27,29,31)(H2,28,30,32)/t13-,14-,17?,18+,19?,20+,25-,26-/m1/s1. The predicted molar refractivity (Wildman–Crippen MR) is 178 cm³/mol. The van der Waals surface area contributed by atoms with Crippen molar-refractivity contribution in [2.75, 3.05) is 31.3 Å². The molecule has 0 radical (unpaired) electrons. The Labute approximate surface area is 303 Å². The maximum absolute atomic E-state index is 13.6. The van der Waals surface area contributed by atoms with Gasteiger partial charge in [0.25, 0.3) is 0 Å². The summed E-state index contributed by atoms with van der Waals surface area (Å²) in [4.78, 5) is 56.8. The van der Waals surface area contributed by atoms with Crippen LogP contribution in [-0.4, -0.2) is 115 Å². The number of phosphoric acid groups is 3. The molecule has 8 N–H and O–H groups in total. The lowest BCUT2D eigenvalue weighted by atomic mass is 10.1. The van der Waals surface area contributed by atoms with Crippen molar-refractivity contribution in [2.24, 2.45) is 0 Å². The van der Waals surface area contributed by atoms with Crippen LogP contribution in [0.5, 0.6) is 0 Å². The minimum absolute atomic E-state index is 0.0176. The number of imidazole rings is 2. The van der Waals surface area contributed by atoms with Gasteiger partial charge in [0.1, 0.15) is 60.3 Å². The molecule has 0 aromatic carbocycles. The average Bonchev–Trinajstić information content (AvgIpc) is 3.88. The molecule has 292 valence electrons. The van der Waals surface area contributed by atoms with Crippen molar-refractivity contribution in [3.05, 3.63) is 25.3 Å². The van der Waals surface area contributed by atoms with Crippen LogP contribution >= 0.6 is 23.5 Å². The van der Waals surface area contributed by atoms with Crippen LogP contribution in [-0.2, 0) is 50.3 Å². The van der Waals surface area contributed by atoms with Crippen molar-refractivity contribution in [2.45, 2.75) is 68.3 Å². The first kappa shape index (κ1) is 38.7. The Kier molecular flexibility index (Phi) is 10.9. The Morgan fingerprint density at radius 1 is 0.870 bits per heavy atom. The highest BCUT2D eigenvalue weighted by atomic mass is 31.2. The lowest BCUT2D eigenvalue weighted by Crippen LogP contribution is -2.39. The van der Waals surface area contributed by atoms with Crippen LogP contribution in [0.1, 0.15) is 31.7 Å². The number of phosphoric ester groups is 3. The maximum Gasteiger partial charge on any atom is 0.472 e. The lowest BCUT2D eigenvalue weighted by Gasteiger charge is -2.29. The van der Waals surface area contributed by atoms with Crippen LogP contribution in [0, 0.1) is 12.3 Å². The molecule has 11 atom stereocenters. The highest BCUT2D eigenvalue weighted by Crippen LogP contribution is 2.56. The van der Waals surface area contributed by atoms with Gasteiger partial charge < -0.3 is 40.7 Å². The fraction of sp³-hybridized carbons (Fsp3) is 0.538. The van der Waals surface area contributed by atoms with E-state index >= 15 is 0 Å². The van der Waals surface area contributed by atoms with Crippen molar-refractivity contribution in [1.29, 1.82) is 0 Å². The highest BCUT2D eigenvalue weighted by molar-refractivity contribution is 7.48. The number of nitrogens with two attached hydrogens (primary N) is 2. The third-order valence-electron chi connectivity index (χ3n) is 8.46. The molecule has 25 nitrogen and oxygen atoms in total. The van der Waals surface area contributed by atoms with Gasteiger partial charge in [-0.1, -0.05) is 0 Å². The van der Waals surface area contributed by atoms with Crippen LogP contribution < -0.4 is 11.5 Å². The van der Waals surface area contributed by atoms with E-state index in [-0.39, 0.29) is 47.0 Å². The Morgan fingerprint density at radius 2 is 1.41 bits per heavy atom. The second kappa shape index (κ2) is 15.2. The van der Waals surface area contributed by atoms with Crippen molar-refractivity contribution < 1.29 is 70.1 Å². The summed E-state index contributed by atoms with van der Waals surface area (Å²) < 4.78 is 86.6. The number of aliphatic hydroxyl groups excluding tert-OH is 1. The van der Waals surface area contributed by atoms with E-state index in [1.54, 1.807) is 0 Å². The van der Waals surface area contributed by atoms with Gasteiger partial charge in [0.2, 0.25) is 0 Å². The molecule has 0 bridgehead atoms. The molecule has 0 aliphatic carbocycles. The minimum atomic E-state index is -5.25. The molecule has 7 rings (SSSR count). The molecular weight excluding hydrogens is 785 g/mol. The normalized spacial score (nSPS) is 34.4. The molecule has 0 saturated carbocycles. The number of nitrogen functional groups attached to an aromatic ring is 2. The number of nitrogens with zero attached hydrogens (tertiary/aromatic N) is 8. The Balaban J connectivity index is 1.19. The number of rotatable bonds is 9. The fourth-order valence-electron chi connectivity index (χ4n) is 6.03. The molecule has 4 aromatic heterocycles. The molecule has 3 saturated heterocycles. The fourth-order valence-corrected chi connectivity index (χ4v) is 8.91. The van der Waals surface area contributed by atoms with E-state index < -0.39 is 85.8 Å². The number of hydrogen-bond donors (Lipinski definition) is 6. The number of unbranched alkanes of at least 4 members (excludes halogenated alkanes) is 2. The van der Waals surface area contributed by atoms with Crippen LogP contribution in [0.25, 0.3) is 22.3 Å². The van der Waals surface area contributed by atoms with E-state index in [0.29, 0.717) is 12.8 Å². The highest BCUT2D eigenvalue weighted by Gasteiger charge is 2.56. The molecular formula is C26H33N10O15P3. The molecule has 3 aliphatic rings. The van der Waals surface area contributed by atoms with E-state index in [4.69, 9.17) is 54.5 Å². The summed E-state index contributed by atoms with van der Waals surface area (Å²) in [6.45, 7) is -2.08. The van der Waals surface area contributed by atoms with Gasteiger partial charge >= 0.3 is 23.5 Å². The number of anilines is 2. The average molecular weight is 819 g/mol. The third kappa shape index (κ3) is 7.92. The largest absolute Gasteiger partial charge is 0.472 e. The van der Waals surface area contributed by atoms with E-state index in [2.05, 4.69) is 35.8 Å². The number of aliphatic hydroxyl groups is 1. The molecule has 5 unspecified atom stereocenters. The van der Waals surface area contributed by atoms with Crippen LogP contribution in [0.2, 0.25) is 0 Å². The van der Waals surface area contributed by atoms with Gasteiger partial charge in [0.05, 0.1) is 32.5 Å². The maximum atomic E-state index is 13.6. The summed E-state index contributed by atoms with van der Waals surface area (Å²) in [6, 6.07) is 0. The number of aromatic nitrogens is 8. The molecule has 4 aromatic rings. The zero-order valence-electron chi connectivity index (χ0n) is 27.6. The summed E-state index contributed by atoms with van der Waals surface area (Å²) in [5, 5.41) is 11.3. The van der Waals surface area contributed by atoms with Crippen LogP contribution in [0.3, 0.4) is 0 Å². The van der Waals surface area contributed by atoms with Gasteiger partial charge in [-0.15, -0.1) is 12.3 Å². The van der Waals surface area contributed by atoms with Crippen molar-refractivity contribution in [3.63, 3.8) is 0 Å². The number of hydrogen-bond acceptors (Lipinski definition) is 20. The van der Waals surface area contributed by atoms with Gasteiger partial charge in [0.15, 0.2) is 35.4 Å². The first-order valence-electron chi connectivity index (χ1n) is 15.9. The van der Waals surface area contributed by atoms with Gasteiger partial charge in [-0.2, -0.15) is 0 Å². The lowest BCUT2D eigenvalue weighted by molar-refractivity contribution is -0.0663. The summed E-state index contributed by atoms with van der Waals surface area (Å²) in [5.41, 5.74) is 12.2. The Hall–Kier alpha value is -3.53. The molecule has 28 heteroatoms. The molecule has 0 spiro atoms. The number of fused-ring (bicyclic) bond motifs is 4. The van der Waals surface area contributed by atoms with E-state index in [9.17, 15) is 33.5 Å². The first-order valence-corrected chi connectivity index (χ1v) is 20.4. The van der Waals surface area contributed by atoms with Gasteiger partial charge in [-0.25, -0.2) is 43.6 Å². The number of ether oxygens (including phenoxy) is 2. The second-order valence-electron chi connectivity index (χ2n) is 12.0. The second-order valence-corrected chi connectivity index (χ2v) is 16.2. The Bertz CT molecular complexity index is 2200. The third-order valence-corrected chi connectivity index (χ3v) is 11.4. The summed E-state index contributed by atoms with van der Waals surface area (Å²) >= 11 is 0. The molecule has 7 heterocycles. The molecule has 3 fully saturated rings. The first-order chi connectivity index (χ1) is 25.7. The van der Waals surface area contributed by atoms with Crippen molar-refractivity contribution in [3.8, 4) is 12.3 Å². The zero-order valence-corrected chi connectivity index (χ0v) is 30.3. The van der Waals surface area contributed by atoms with Crippen LogP contribution in [0.4, 0.5) is 11.6 Å². The monoisotopic (exact) mass is 818 g/mol. The van der Waals surface area contributed by atoms with Gasteiger partial charge in [-0.3, -0.25) is 36.3 Å². The number of terminal acetylenes is 1. The van der Waals surface area contributed by atoms with Gasteiger partial charge in [0, 0.05) is 6.42 Å². The summed E-state index contributed by atoms with van der Waals surface area (Å²) in [7, 11) is -15.4. The van der Waals surface area contributed by atoms with E-state index in [1.165, 1.54) is 21.8 Å². The molecule has 3 aliphatic heterocycles.